The topological polar surface area (TPSA) is 9.23 Å². The van der Waals surface area contributed by atoms with Gasteiger partial charge in [0, 0.05) is 0 Å². The molecule has 0 aromatic heterocycles. The van der Waals surface area contributed by atoms with Gasteiger partial charge in [-0.25, -0.2) is 0 Å². The van der Waals surface area contributed by atoms with Crippen LogP contribution in [0.25, 0.3) is 0 Å². The number of halogens is 1. The quantitative estimate of drug-likeness (QED) is 0.666. The fourth-order valence-corrected chi connectivity index (χ4v) is 1.21. The summed E-state index contributed by atoms with van der Waals surface area (Å²) in [6.07, 6.45) is 0. The summed E-state index contributed by atoms with van der Waals surface area (Å²) in [6.45, 7) is 8.06. The van der Waals surface area contributed by atoms with Crippen molar-refractivity contribution < 1.29 is 4.74 Å². The van der Waals surface area contributed by atoms with Gasteiger partial charge >= 0.3 is 0 Å². The predicted octanol–water partition coefficient (Wildman–Crippen LogP) is 3.99. The van der Waals surface area contributed by atoms with Crippen LogP contribution in [0, 0.1) is 13.8 Å². The highest BCUT2D eigenvalue weighted by Gasteiger charge is 2.01. The van der Waals surface area contributed by atoms with Gasteiger partial charge in [-0.15, -0.1) is 0 Å². The van der Waals surface area contributed by atoms with Crippen molar-refractivity contribution in [3.63, 3.8) is 0 Å². The van der Waals surface area contributed by atoms with Crippen molar-refractivity contribution in [2.24, 2.45) is 0 Å². The normalized spacial score (nSPS) is 8.77. The molecule has 0 aliphatic heterocycles. The lowest BCUT2D eigenvalue weighted by Gasteiger charge is -2.05. The highest BCUT2D eigenvalue weighted by atomic mass is 35.5. The van der Waals surface area contributed by atoms with Gasteiger partial charge in [-0.2, -0.15) is 0 Å². The van der Waals surface area contributed by atoms with Crippen LogP contribution >= 0.6 is 11.6 Å². The molecule has 0 radical (unpaired) electrons. The summed E-state index contributed by atoms with van der Waals surface area (Å²) in [5.74, 6) is 0.745. The monoisotopic (exact) mass is 200 g/mol. The van der Waals surface area contributed by atoms with Gasteiger partial charge in [-0.3, -0.25) is 0 Å². The standard InChI is InChI=1S/C9H11ClO.C2H6/c1-6-4-8(10)9(11-3)5-7(6)2;1-2/h4-5H,1-3H3;1-2H3. The molecule has 2 heteroatoms. The SMILES string of the molecule is CC.COc1cc(C)c(C)cc1Cl. The van der Waals surface area contributed by atoms with Gasteiger partial charge in [0.25, 0.3) is 0 Å². The number of rotatable bonds is 1. The number of ether oxygens (including phenoxy) is 1. The van der Waals surface area contributed by atoms with E-state index in [1.165, 1.54) is 11.1 Å². The second kappa shape index (κ2) is 5.87. The average Bonchev–Trinajstić information content (AvgIpc) is 2.15. The van der Waals surface area contributed by atoms with Gasteiger partial charge in [0.2, 0.25) is 0 Å². The first kappa shape index (κ1) is 12.3. The van der Waals surface area contributed by atoms with Crippen molar-refractivity contribution in [3.8, 4) is 5.75 Å². The van der Waals surface area contributed by atoms with Crippen LogP contribution in [-0.2, 0) is 0 Å². The maximum atomic E-state index is 5.88. The minimum atomic E-state index is 0.676. The molecule has 74 valence electrons. The summed E-state index contributed by atoms with van der Waals surface area (Å²) in [5.41, 5.74) is 2.39. The van der Waals surface area contributed by atoms with E-state index < -0.39 is 0 Å². The summed E-state index contributed by atoms with van der Waals surface area (Å²) in [7, 11) is 1.62. The van der Waals surface area contributed by atoms with Crippen molar-refractivity contribution >= 4 is 11.6 Å². The molecule has 13 heavy (non-hydrogen) atoms. The van der Waals surface area contributed by atoms with Gasteiger partial charge in [-0.05, 0) is 37.1 Å². The maximum absolute atomic E-state index is 5.88. The third-order valence-electron chi connectivity index (χ3n) is 1.77. The van der Waals surface area contributed by atoms with Crippen LogP contribution in [0.1, 0.15) is 25.0 Å². The first-order valence-corrected chi connectivity index (χ1v) is 4.83. The fourth-order valence-electron chi connectivity index (χ4n) is 0.911. The van der Waals surface area contributed by atoms with E-state index in [-0.39, 0.29) is 0 Å². The van der Waals surface area contributed by atoms with Crippen LogP contribution in [0.5, 0.6) is 5.75 Å². The molecule has 0 bridgehead atoms. The highest BCUT2D eigenvalue weighted by Crippen LogP contribution is 2.26. The molecule has 1 aromatic carbocycles. The Morgan fingerprint density at radius 1 is 1.08 bits per heavy atom. The number of hydrogen-bond acceptors (Lipinski definition) is 1. The molecule has 0 atom stereocenters. The predicted molar refractivity (Wildman–Crippen MR) is 58.8 cm³/mol. The zero-order chi connectivity index (χ0) is 10.4. The van der Waals surface area contributed by atoms with Crippen LogP contribution in [-0.4, -0.2) is 7.11 Å². The van der Waals surface area contributed by atoms with Crippen molar-refractivity contribution in [1.82, 2.24) is 0 Å². The lowest BCUT2D eigenvalue weighted by atomic mass is 10.1. The molecule has 0 saturated heterocycles. The first-order valence-electron chi connectivity index (χ1n) is 4.46. The van der Waals surface area contributed by atoms with Crippen molar-refractivity contribution in [2.45, 2.75) is 27.7 Å². The zero-order valence-electron chi connectivity index (χ0n) is 8.94. The lowest BCUT2D eigenvalue weighted by molar-refractivity contribution is 0.414. The van der Waals surface area contributed by atoms with E-state index in [9.17, 15) is 0 Å². The van der Waals surface area contributed by atoms with E-state index >= 15 is 0 Å². The van der Waals surface area contributed by atoms with E-state index in [2.05, 4.69) is 0 Å². The van der Waals surface area contributed by atoms with E-state index in [1.54, 1.807) is 7.11 Å². The smallest absolute Gasteiger partial charge is 0.137 e. The van der Waals surface area contributed by atoms with Gasteiger partial charge in [0.05, 0.1) is 12.1 Å². The Kier molecular flexibility index (Phi) is 5.56. The molecular weight excluding hydrogens is 184 g/mol. The third kappa shape index (κ3) is 3.27. The molecule has 0 N–H and O–H groups in total. The Morgan fingerprint density at radius 2 is 1.54 bits per heavy atom. The second-order valence-corrected chi connectivity index (χ2v) is 2.98. The Labute approximate surface area is 85.7 Å². The van der Waals surface area contributed by atoms with Gasteiger partial charge in [0.15, 0.2) is 0 Å². The Morgan fingerprint density at radius 3 is 2.00 bits per heavy atom. The molecule has 0 aliphatic rings. The number of aryl methyl sites for hydroxylation is 2. The van der Waals surface area contributed by atoms with E-state index in [0.717, 1.165) is 5.75 Å². The van der Waals surface area contributed by atoms with E-state index in [4.69, 9.17) is 16.3 Å². The number of methoxy groups -OCH3 is 1. The Balaban J connectivity index is 0.000000671. The van der Waals surface area contributed by atoms with Crippen LogP contribution in [0.3, 0.4) is 0 Å². The molecule has 0 amide bonds. The molecule has 0 saturated carbocycles. The molecule has 0 spiro atoms. The first-order chi connectivity index (χ1) is 6.15. The van der Waals surface area contributed by atoms with Crippen LogP contribution in [0.15, 0.2) is 12.1 Å². The van der Waals surface area contributed by atoms with Gasteiger partial charge in [-0.1, -0.05) is 25.4 Å². The molecule has 1 aromatic rings. The average molecular weight is 201 g/mol. The van der Waals surface area contributed by atoms with E-state index in [1.807, 2.05) is 39.8 Å². The number of hydrogen-bond donors (Lipinski definition) is 0. The minimum Gasteiger partial charge on any atom is -0.495 e. The van der Waals surface area contributed by atoms with E-state index in [0.29, 0.717) is 5.02 Å². The summed E-state index contributed by atoms with van der Waals surface area (Å²) < 4.78 is 5.05. The summed E-state index contributed by atoms with van der Waals surface area (Å²) in [4.78, 5) is 0. The molecule has 0 fully saturated rings. The van der Waals surface area contributed by atoms with Crippen molar-refractivity contribution in [2.75, 3.05) is 7.11 Å². The molecule has 0 aliphatic carbocycles. The summed E-state index contributed by atoms with van der Waals surface area (Å²) in [5, 5.41) is 0.676. The Bertz CT molecular complexity index is 269. The zero-order valence-corrected chi connectivity index (χ0v) is 9.70. The largest absolute Gasteiger partial charge is 0.495 e. The Hall–Kier alpha value is -0.690. The third-order valence-corrected chi connectivity index (χ3v) is 2.06. The summed E-state index contributed by atoms with van der Waals surface area (Å²) >= 11 is 5.88. The molecule has 0 unspecified atom stereocenters. The minimum absolute atomic E-state index is 0.676. The maximum Gasteiger partial charge on any atom is 0.137 e. The van der Waals surface area contributed by atoms with Crippen LogP contribution in [0.4, 0.5) is 0 Å². The second-order valence-electron chi connectivity index (χ2n) is 2.57. The van der Waals surface area contributed by atoms with Gasteiger partial charge in [0.1, 0.15) is 5.75 Å². The number of benzene rings is 1. The molecule has 1 rings (SSSR count). The summed E-state index contributed by atoms with van der Waals surface area (Å²) in [6, 6.07) is 3.85. The molecule has 0 heterocycles. The fraction of sp³-hybridized carbons (Fsp3) is 0.455. The van der Waals surface area contributed by atoms with Crippen LogP contribution in [0.2, 0.25) is 5.02 Å². The van der Waals surface area contributed by atoms with Crippen LogP contribution < -0.4 is 4.74 Å². The van der Waals surface area contributed by atoms with Crippen molar-refractivity contribution in [1.29, 1.82) is 0 Å². The van der Waals surface area contributed by atoms with Crippen molar-refractivity contribution in [3.05, 3.63) is 28.3 Å². The van der Waals surface area contributed by atoms with Gasteiger partial charge < -0.3 is 4.74 Å². The molecular formula is C11H17ClO. The highest BCUT2D eigenvalue weighted by molar-refractivity contribution is 6.32. The molecule has 1 nitrogen and oxygen atoms in total. The lowest BCUT2D eigenvalue weighted by Crippen LogP contribution is -1.87.